The Balaban J connectivity index is 1.54. The molecule has 2 aromatic rings. The van der Waals surface area contributed by atoms with E-state index in [2.05, 4.69) is 0 Å². The SMILES string of the molecule is CC(c1ccccc1)N(C)C(=O)CCN1C(=O)c2ccccc2N2C(=O)CCC12C. The van der Waals surface area contributed by atoms with E-state index in [-0.39, 0.29) is 36.7 Å². The maximum atomic E-state index is 13.3. The van der Waals surface area contributed by atoms with Gasteiger partial charge in [-0.1, -0.05) is 42.5 Å². The van der Waals surface area contributed by atoms with Crippen LogP contribution in [0.3, 0.4) is 0 Å². The Hall–Kier alpha value is -3.15. The third-order valence-electron chi connectivity index (χ3n) is 6.55. The molecular weight excluding hydrogens is 378 g/mol. The number of anilines is 1. The minimum atomic E-state index is -0.730. The fourth-order valence-corrected chi connectivity index (χ4v) is 4.60. The predicted octanol–water partition coefficient (Wildman–Crippen LogP) is 3.60. The van der Waals surface area contributed by atoms with E-state index in [0.29, 0.717) is 24.1 Å². The molecule has 6 nitrogen and oxygen atoms in total. The van der Waals surface area contributed by atoms with Crippen molar-refractivity contribution in [2.75, 3.05) is 18.5 Å². The number of benzene rings is 2. The Morgan fingerprint density at radius 3 is 2.50 bits per heavy atom. The number of nitrogens with zero attached hydrogens (tertiary/aromatic N) is 3. The van der Waals surface area contributed by atoms with Crippen molar-refractivity contribution in [1.82, 2.24) is 9.80 Å². The Bertz CT molecular complexity index is 990. The largest absolute Gasteiger partial charge is 0.339 e. The molecule has 1 saturated heterocycles. The maximum Gasteiger partial charge on any atom is 0.257 e. The highest BCUT2D eigenvalue weighted by atomic mass is 16.2. The number of para-hydroxylation sites is 1. The van der Waals surface area contributed by atoms with Crippen LogP contribution in [0.4, 0.5) is 5.69 Å². The minimum Gasteiger partial charge on any atom is -0.339 e. The summed E-state index contributed by atoms with van der Waals surface area (Å²) in [5.74, 6) is -0.133. The van der Waals surface area contributed by atoms with E-state index in [9.17, 15) is 14.4 Å². The molecule has 1 fully saturated rings. The molecule has 4 rings (SSSR count). The van der Waals surface area contributed by atoms with Gasteiger partial charge in [0.15, 0.2) is 0 Å². The van der Waals surface area contributed by atoms with Crippen LogP contribution in [0.2, 0.25) is 0 Å². The molecule has 2 unspecified atom stereocenters. The summed E-state index contributed by atoms with van der Waals surface area (Å²) >= 11 is 0. The van der Waals surface area contributed by atoms with E-state index in [0.717, 1.165) is 5.56 Å². The van der Waals surface area contributed by atoms with Crippen LogP contribution in [0.15, 0.2) is 54.6 Å². The topological polar surface area (TPSA) is 60.9 Å². The maximum absolute atomic E-state index is 13.3. The van der Waals surface area contributed by atoms with Crippen molar-refractivity contribution in [2.24, 2.45) is 0 Å². The molecule has 0 spiro atoms. The first-order valence-electron chi connectivity index (χ1n) is 10.4. The third-order valence-corrected chi connectivity index (χ3v) is 6.55. The van der Waals surface area contributed by atoms with Gasteiger partial charge in [0, 0.05) is 26.4 Å². The van der Waals surface area contributed by atoms with Crippen molar-refractivity contribution >= 4 is 23.4 Å². The lowest BCUT2D eigenvalue weighted by molar-refractivity contribution is -0.132. The number of amides is 3. The average Bonchev–Trinajstić information content (AvgIpc) is 3.08. The Labute approximate surface area is 177 Å². The highest BCUT2D eigenvalue weighted by Gasteiger charge is 2.52. The zero-order valence-electron chi connectivity index (χ0n) is 17.7. The predicted molar refractivity (Wildman–Crippen MR) is 115 cm³/mol. The van der Waals surface area contributed by atoms with Crippen molar-refractivity contribution in [2.45, 2.75) is 44.8 Å². The van der Waals surface area contributed by atoms with Crippen LogP contribution in [0.5, 0.6) is 0 Å². The molecule has 2 aliphatic heterocycles. The first kappa shape index (κ1) is 20.1. The number of hydrogen-bond donors (Lipinski definition) is 0. The molecule has 2 heterocycles. The van der Waals surface area contributed by atoms with E-state index in [1.165, 1.54) is 0 Å². The van der Waals surface area contributed by atoms with Gasteiger partial charge in [0.1, 0.15) is 5.66 Å². The number of carbonyl (C=O) groups excluding carboxylic acids is 3. The van der Waals surface area contributed by atoms with Crippen molar-refractivity contribution in [3.63, 3.8) is 0 Å². The van der Waals surface area contributed by atoms with Crippen molar-refractivity contribution in [3.05, 3.63) is 65.7 Å². The van der Waals surface area contributed by atoms with Gasteiger partial charge in [0.2, 0.25) is 11.8 Å². The molecule has 2 aromatic carbocycles. The smallest absolute Gasteiger partial charge is 0.257 e. The van der Waals surface area contributed by atoms with Crippen LogP contribution in [-0.4, -0.2) is 46.8 Å². The van der Waals surface area contributed by atoms with E-state index in [1.807, 2.05) is 56.3 Å². The minimum absolute atomic E-state index is 0.0172. The molecular formula is C24H27N3O3. The number of hydrogen-bond acceptors (Lipinski definition) is 3. The molecule has 6 heteroatoms. The summed E-state index contributed by atoms with van der Waals surface area (Å²) in [6.45, 7) is 4.19. The van der Waals surface area contributed by atoms with Crippen LogP contribution in [0, 0.1) is 0 Å². The van der Waals surface area contributed by atoms with Gasteiger partial charge in [-0.25, -0.2) is 0 Å². The number of fused-ring (bicyclic) bond motifs is 3. The average molecular weight is 405 g/mol. The quantitative estimate of drug-likeness (QED) is 0.764. The zero-order valence-corrected chi connectivity index (χ0v) is 17.7. The lowest BCUT2D eigenvalue weighted by atomic mass is 9.98. The fraction of sp³-hybridized carbons (Fsp3) is 0.375. The molecule has 2 atom stereocenters. The number of carbonyl (C=O) groups is 3. The van der Waals surface area contributed by atoms with Gasteiger partial charge in [0.25, 0.3) is 5.91 Å². The van der Waals surface area contributed by atoms with Gasteiger partial charge in [-0.15, -0.1) is 0 Å². The summed E-state index contributed by atoms with van der Waals surface area (Å²) < 4.78 is 0. The summed E-state index contributed by atoms with van der Waals surface area (Å²) in [5, 5.41) is 0. The van der Waals surface area contributed by atoms with Gasteiger partial charge in [-0.05, 0) is 38.0 Å². The van der Waals surface area contributed by atoms with E-state index >= 15 is 0 Å². The second kappa shape index (κ2) is 7.59. The Kier molecular flexibility index (Phi) is 5.10. The summed E-state index contributed by atoms with van der Waals surface area (Å²) in [6, 6.07) is 17.0. The summed E-state index contributed by atoms with van der Waals surface area (Å²) in [6.07, 6.45) is 1.17. The third kappa shape index (κ3) is 3.16. The normalized spacial score (nSPS) is 21.3. The second-order valence-electron chi connectivity index (χ2n) is 8.26. The molecule has 30 heavy (non-hydrogen) atoms. The summed E-state index contributed by atoms with van der Waals surface area (Å²) in [4.78, 5) is 44.0. The van der Waals surface area contributed by atoms with Crippen molar-refractivity contribution in [3.8, 4) is 0 Å². The molecule has 2 aliphatic rings. The molecule has 3 amide bonds. The van der Waals surface area contributed by atoms with E-state index in [4.69, 9.17) is 0 Å². The Morgan fingerprint density at radius 1 is 1.10 bits per heavy atom. The lowest BCUT2D eigenvalue weighted by Crippen LogP contribution is -2.62. The monoisotopic (exact) mass is 405 g/mol. The van der Waals surface area contributed by atoms with Gasteiger partial charge in [0.05, 0.1) is 17.3 Å². The van der Waals surface area contributed by atoms with Crippen LogP contribution < -0.4 is 4.90 Å². The second-order valence-corrected chi connectivity index (χ2v) is 8.26. The van der Waals surface area contributed by atoms with Gasteiger partial charge in [-0.2, -0.15) is 0 Å². The molecule has 0 bridgehead atoms. The lowest BCUT2D eigenvalue weighted by Gasteiger charge is -2.48. The zero-order chi connectivity index (χ0) is 21.5. The fourth-order valence-electron chi connectivity index (χ4n) is 4.60. The molecule has 0 aliphatic carbocycles. The highest BCUT2D eigenvalue weighted by molar-refractivity contribution is 6.10. The first-order valence-corrected chi connectivity index (χ1v) is 10.4. The van der Waals surface area contributed by atoms with Crippen LogP contribution in [-0.2, 0) is 9.59 Å². The van der Waals surface area contributed by atoms with Crippen LogP contribution >= 0.6 is 0 Å². The first-order chi connectivity index (χ1) is 14.3. The summed E-state index contributed by atoms with van der Waals surface area (Å²) in [5.41, 5.74) is 1.52. The molecule has 0 N–H and O–H groups in total. The molecule has 0 radical (unpaired) electrons. The molecule has 0 aromatic heterocycles. The standard InChI is InChI=1S/C24H27N3O3/c1-17(18-9-5-4-6-10-18)25(3)21(28)14-16-26-23(30)19-11-7-8-12-20(19)27-22(29)13-15-24(26,27)2/h4-12,17H,13-16H2,1-3H3. The van der Waals surface area contributed by atoms with Gasteiger partial charge in [-0.3, -0.25) is 19.3 Å². The summed E-state index contributed by atoms with van der Waals surface area (Å²) in [7, 11) is 1.79. The van der Waals surface area contributed by atoms with Crippen LogP contribution in [0.25, 0.3) is 0 Å². The highest BCUT2D eigenvalue weighted by Crippen LogP contribution is 2.44. The molecule has 156 valence electrons. The van der Waals surface area contributed by atoms with Crippen molar-refractivity contribution < 1.29 is 14.4 Å². The van der Waals surface area contributed by atoms with E-state index < -0.39 is 5.66 Å². The molecule has 0 saturated carbocycles. The van der Waals surface area contributed by atoms with Crippen LogP contribution in [0.1, 0.15) is 55.1 Å². The van der Waals surface area contributed by atoms with E-state index in [1.54, 1.807) is 33.9 Å². The van der Waals surface area contributed by atoms with Crippen molar-refractivity contribution in [1.29, 1.82) is 0 Å². The Morgan fingerprint density at radius 2 is 1.77 bits per heavy atom. The number of rotatable bonds is 5. The van der Waals surface area contributed by atoms with Gasteiger partial charge < -0.3 is 9.80 Å². The van der Waals surface area contributed by atoms with Gasteiger partial charge >= 0.3 is 0 Å².